The third-order valence-corrected chi connectivity index (χ3v) is 8.31. The Labute approximate surface area is 245 Å². The normalized spacial score (nSPS) is 22.6. The number of piperidine rings is 1. The Morgan fingerprint density at radius 2 is 1.80 bits per heavy atom. The first-order valence-electron chi connectivity index (χ1n) is 13.9. The van der Waals surface area contributed by atoms with Crippen LogP contribution in [-0.2, 0) is 19.1 Å². The van der Waals surface area contributed by atoms with Gasteiger partial charge in [0.15, 0.2) is 0 Å². The number of hydrogen-bond donors (Lipinski definition) is 2. The number of carbonyl (C=O) groups excluding carboxylic acids is 2. The molecule has 0 bridgehead atoms. The molecule has 2 heterocycles. The summed E-state index contributed by atoms with van der Waals surface area (Å²) < 4.78 is 5.38. The van der Waals surface area contributed by atoms with Crippen LogP contribution >= 0.6 is 23.2 Å². The molecule has 10 heteroatoms. The second-order valence-electron chi connectivity index (χ2n) is 10.5. The van der Waals surface area contributed by atoms with Gasteiger partial charge in [-0.1, -0.05) is 54.4 Å². The molecular formula is C30H37Cl2N3O5. The van der Waals surface area contributed by atoms with Crippen LogP contribution in [0.5, 0.6) is 0 Å². The van der Waals surface area contributed by atoms with Crippen molar-refractivity contribution in [1.82, 2.24) is 15.1 Å². The van der Waals surface area contributed by atoms with E-state index in [4.69, 9.17) is 27.9 Å². The number of likely N-dealkylation sites (tertiary alicyclic amines) is 1. The maximum absolute atomic E-state index is 14.0. The highest BCUT2D eigenvalue weighted by Crippen LogP contribution is 2.47. The van der Waals surface area contributed by atoms with Crippen molar-refractivity contribution in [2.24, 2.45) is 5.92 Å². The largest absolute Gasteiger partial charge is 0.480 e. The molecule has 0 saturated carbocycles. The zero-order chi connectivity index (χ0) is 28.6. The number of morpholine rings is 1. The van der Waals surface area contributed by atoms with Crippen molar-refractivity contribution >= 4 is 41.0 Å². The monoisotopic (exact) mass is 589 g/mol. The number of halogens is 2. The summed E-state index contributed by atoms with van der Waals surface area (Å²) in [7, 11) is 0. The van der Waals surface area contributed by atoms with Gasteiger partial charge in [-0.3, -0.25) is 14.5 Å². The zero-order valence-electron chi connectivity index (χ0n) is 22.7. The minimum absolute atomic E-state index is 0.00660. The minimum atomic E-state index is -1.08. The summed E-state index contributed by atoms with van der Waals surface area (Å²) in [5.74, 6) is -2.55. The molecule has 4 rings (SSSR count). The van der Waals surface area contributed by atoms with Crippen LogP contribution in [-0.4, -0.2) is 78.1 Å². The molecule has 216 valence electrons. The SMILES string of the molecule is CCC(C(=O)O)N1C(=O)[C@@H](CC(=O)NCCCN2CCOCC2)C[C@H](c2cccc(Cl)c2)[C@H]1c1ccc(Cl)cc1. The molecule has 2 aromatic carbocycles. The Hall–Kier alpha value is -2.65. The van der Waals surface area contributed by atoms with E-state index in [1.165, 1.54) is 4.90 Å². The fourth-order valence-electron chi connectivity index (χ4n) is 5.85. The van der Waals surface area contributed by atoms with Gasteiger partial charge in [0.05, 0.1) is 19.3 Å². The number of aliphatic carboxylic acids is 1. The van der Waals surface area contributed by atoms with Gasteiger partial charge in [0.1, 0.15) is 6.04 Å². The maximum atomic E-state index is 14.0. The number of hydrogen-bond acceptors (Lipinski definition) is 5. The summed E-state index contributed by atoms with van der Waals surface area (Å²) in [6, 6.07) is 13.0. The second-order valence-corrected chi connectivity index (χ2v) is 11.3. The molecular weight excluding hydrogens is 553 g/mol. The van der Waals surface area contributed by atoms with Crippen molar-refractivity contribution in [1.29, 1.82) is 0 Å². The lowest BCUT2D eigenvalue weighted by Crippen LogP contribution is -2.54. The average Bonchev–Trinajstić information content (AvgIpc) is 2.94. The molecule has 2 aliphatic heterocycles. The van der Waals surface area contributed by atoms with Crippen molar-refractivity contribution in [3.63, 3.8) is 0 Å². The quantitative estimate of drug-likeness (QED) is 0.367. The van der Waals surface area contributed by atoms with Crippen LogP contribution in [0.4, 0.5) is 0 Å². The first-order chi connectivity index (χ1) is 19.3. The van der Waals surface area contributed by atoms with Gasteiger partial charge < -0.3 is 20.1 Å². The molecule has 4 atom stereocenters. The van der Waals surface area contributed by atoms with E-state index in [1.807, 2.05) is 30.3 Å². The molecule has 2 aromatic rings. The van der Waals surface area contributed by atoms with E-state index in [2.05, 4.69) is 10.2 Å². The molecule has 0 aromatic heterocycles. The van der Waals surface area contributed by atoms with Crippen LogP contribution in [0.2, 0.25) is 10.0 Å². The Balaban J connectivity index is 1.58. The number of nitrogens with zero attached hydrogens (tertiary/aromatic N) is 2. The summed E-state index contributed by atoms with van der Waals surface area (Å²) in [5.41, 5.74) is 1.68. The molecule has 0 aliphatic carbocycles. The van der Waals surface area contributed by atoms with Crippen LogP contribution in [0.1, 0.15) is 55.7 Å². The lowest BCUT2D eigenvalue weighted by molar-refractivity contribution is -0.159. The standard InChI is InChI=1S/C30H37Cl2N3O5/c1-2-26(30(38)39)35-28(20-7-9-23(31)10-8-20)25(21-5-3-6-24(32)17-21)18-22(29(35)37)19-27(36)33-11-4-12-34-13-15-40-16-14-34/h3,5-10,17,22,25-26,28H,2,4,11-16,18-19H2,1H3,(H,33,36)(H,38,39)/t22-,25-,26?,28-/m1/s1. The third kappa shape index (κ3) is 7.55. The number of amides is 2. The lowest BCUT2D eigenvalue weighted by atomic mass is 9.74. The van der Waals surface area contributed by atoms with E-state index in [9.17, 15) is 19.5 Å². The Bertz CT molecular complexity index is 1170. The van der Waals surface area contributed by atoms with Gasteiger partial charge in [-0.25, -0.2) is 4.79 Å². The molecule has 2 aliphatic rings. The predicted molar refractivity (Wildman–Crippen MR) is 155 cm³/mol. The van der Waals surface area contributed by atoms with Gasteiger partial charge in [0.25, 0.3) is 0 Å². The van der Waals surface area contributed by atoms with E-state index in [1.54, 1.807) is 25.1 Å². The highest BCUT2D eigenvalue weighted by atomic mass is 35.5. The van der Waals surface area contributed by atoms with E-state index >= 15 is 0 Å². The number of rotatable bonds is 11. The van der Waals surface area contributed by atoms with Crippen LogP contribution in [0, 0.1) is 5.92 Å². The molecule has 2 amide bonds. The number of ether oxygens (including phenoxy) is 1. The van der Waals surface area contributed by atoms with E-state index in [0.717, 1.165) is 50.4 Å². The van der Waals surface area contributed by atoms with E-state index < -0.39 is 24.0 Å². The van der Waals surface area contributed by atoms with Gasteiger partial charge in [-0.05, 0) is 61.2 Å². The molecule has 0 spiro atoms. The highest BCUT2D eigenvalue weighted by Gasteiger charge is 2.47. The second kappa shape index (κ2) is 14.3. The summed E-state index contributed by atoms with van der Waals surface area (Å²) >= 11 is 12.5. The van der Waals surface area contributed by atoms with Crippen molar-refractivity contribution in [2.75, 3.05) is 39.4 Å². The minimum Gasteiger partial charge on any atom is -0.480 e. The Morgan fingerprint density at radius 1 is 1.07 bits per heavy atom. The van der Waals surface area contributed by atoms with Gasteiger partial charge in [-0.15, -0.1) is 0 Å². The number of nitrogens with one attached hydrogen (secondary N) is 1. The van der Waals surface area contributed by atoms with Crippen LogP contribution in [0.3, 0.4) is 0 Å². The number of carboxylic acid groups (broad SMARTS) is 1. The van der Waals surface area contributed by atoms with E-state index in [-0.39, 0.29) is 30.6 Å². The maximum Gasteiger partial charge on any atom is 0.326 e. The molecule has 8 nitrogen and oxygen atoms in total. The first kappa shape index (κ1) is 30.3. The smallest absolute Gasteiger partial charge is 0.326 e. The van der Waals surface area contributed by atoms with Gasteiger partial charge in [0.2, 0.25) is 11.8 Å². The van der Waals surface area contributed by atoms with Crippen LogP contribution < -0.4 is 5.32 Å². The Morgan fingerprint density at radius 3 is 2.45 bits per heavy atom. The predicted octanol–water partition coefficient (Wildman–Crippen LogP) is 4.76. The molecule has 2 saturated heterocycles. The van der Waals surface area contributed by atoms with Gasteiger partial charge >= 0.3 is 5.97 Å². The number of benzene rings is 2. The highest BCUT2D eigenvalue weighted by molar-refractivity contribution is 6.30. The lowest BCUT2D eigenvalue weighted by Gasteiger charge is -2.47. The summed E-state index contributed by atoms with van der Waals surface area (Å²) in [6.45, 7) is 6.38. The van der Waals surface area contributed by atoms with Crippen LogP contribution in [0.25, 0.3) is 0 Å². The first-order valence-corrected chi connectivity index (χ1v) is 14.7. The molecule has 2 fully saturated rings. The third-order valence-electron chi connectivity index (χ3n) is 7.83. The fraction of sp³-hybridized carbons (Fsp3) is 0.500. The number of carbonyl (C=O) groups is 3. The topological polar surface area (TPSA) is 99.2 Å². The molecule has 0 radical (unpaired) electrons. The van der Waals surface area contributed by atoms with E-state index in [0.29, 0.717) is 23.0 Å². The molecule has 2 N–H and O–H groups in total. The van der Waals surface area contributed by atoms with Crippen molar-refractivity contribution in [3.05, 3.63) is 69.7 Å². The van der Waals surface area contributed by atoms with Gasteiger partial charge in [0, 0.05) is 47.9 Å². The summed E-state index contributed by atoms with van der Waals surface area (Å²) in [5, 5.41) is 14.2. The zero-order valence-corrected chi connectivity index (χ0v) is 24.2. The molecule has 40 heavy (non-hydrogen) atoms. The van der Waals surface area contributed by atoms with Gasteiger partial charge in [-0.2, -0.15) is 0 Å². The molecule has 1 unspecified atom stereocenters. The summed E-state index contributed by atoms with van der Waals surface area (Å²) in [4.78, 5) is 43.2. The summed E-state index contributed by atoms with van der Waals surface area (Å²) in [6.07, 6.45) is 1.42. The number of carboxylic acids is 1. The Kier molecular flexibility index (Phi) is 10.8. The van der Waals surface area contributed by atoms with Crippen molar-refractivity contribution < 1.29 is 24.2 Å². The van der Waals surface area contributed by atoms with Crippen LogP contribution in [0.15, 0.2) is 48.5 Å². The van der Waals surface area contributed by atoms with Crippen molar-refractivity contribution in [2.45, 2.75) is 50.6 Å². The van der Waals surface area contributed by atoms with Crippen molar-refractivity contribution in [3.8, 4) is 0 Å². The average molecular weight is 591 g/mol. The fourth-order valence-corrected chi connectivity index (χ4v) is 6.17.